The Morgan fingerprint density at radius 2 is 1.61 bits per heavy atom. The average molecular weight is 432 g/mol. The number of aromatic nitrogens is 2. The van der Waals surface area contributed by atoms with E-state index in [0.717, 1.165) is 21.8 Å². The van der Waals surface area contributed by atoms with Gasteiger partial charge >= 0.3 is 5.97 Å². The number of ketones is 1. The second-order valence-corrected chi connectivity index (χ2v) is 7.60. The van der Waals surface area contributed by atoms with Gasteiger partial charge in [-0.25, -0.2) is 9.78 Å². The van der Waals surface area contributed by atoms with Crippen molar-refractivity contribution in [2.75, 3.05) is 0 Å². The van der Waals surface area contributed by atoms with E-state index in [1.54, 1.807) is 24.4 Å². The summed E-state index contributed by atoms with van der Waals surface area (Å²) in [6.07, 6.45) is 3.49. The van der Waals surface area contributed by atoms with Crippen LogP contribution < -0.4 is 0 Å². The van der Waals surface area contributed by atoms with Gasteiger partial charge in [-0.15, -0.1) is 0 Å². The molecule has 5 aromatic rings. The third-order valence-electron chi connectivity index (χ3n) is 5.44. The van der Waals surface area contributed by atoms with Crippen LogP contribution in [-0.4, -0.2) is 21.7 Å². The molecule has 0 radical (unpaired) electrons. The van der Waals surface area contributed by atoms with E-state index in [1.165, 1.54) is 6.08 Å². The normalized spacial score (nSPS) is 12.2. The van der Waals surface area contributed by atoms with Crippen molar-refractivity contribution in [1.82, 2.24) is 9.97 Å². The second kappa shape index (κ2) is 8.93. The summed E-state index contributed by atoms with van der Waals surface area (Å²) >= 11 is 0. The van der Waals surface area contributed by atoms with Gasteiger partial charge in [0.25, 0.3) is 0 Å². The van der Waals surface area contributed by atoms with Crippen LogP contribution in [0.5, 0.6) is 0 Å². The number of esters is 1. The van der Waals surface area contributed by atoms with Gasteiger partial charge in [0.15, 0.2) is 6.10 Å². The Hall–Kier alpha value is -4.51. The molecule has 0 saturated carbocycles. The molecular weight excluding hydrogens is 412 g/mol. The number of para-hydroxylation sites is 2. The number of aromatic amines is 1. The third-order valence-corrected chi connectivity index (χ3v) is 5.44. The lowest BCUT2D eigenvalue weighted by molar-refractivity contribution is -0.141. The van der Waals surface area contributed by atoms with Gasteiger partial charge in [0.1, 0.15) is 0 Å². The van der Waals surface area contributed by atoms with Crippen molar-refractivity contribution >= 4 is 39.6 Å². The zero-order chi connectivity index (χ0) is 22.6. The number of carbonyl (C=O) groups is 2. The molecule has 160 valence electrons. The monoisotopic (exact) mass is 432 g/mol. The third kappa shape index (κ3) is 4.29. The first kappa shape index (κ1) is 20.4. The van der Waals surface area contributed by atoms with Gasteiger partial charge in [0, 0.05) is 39.7 Å². The average Bonchev–Trinajstić information content (AvgIpc) is 3.30. The largest absolute Gasteiger partial charge is 0.446 e. The molecule has 0 fully saturated rings. The topological polar surface area (TPSA) is 72.0 Å². The number of rotatable bonds is 6. The Bertz CT molecular complexity index is 1490. The SMILES string of the molecule is O=C(/C=C/c1ccc2ccccc2n1)OC(C(=O)c1c[nH]c2ccccc12)c1ccccc1. The van der Waals surface area contributed by atoms with Crippen molar-refractivity contribution in [3.63, 3.8) is 0 Å². The lowest BCUT2D eigenvalue weighted by Gasteiger charge is -2.16. The van der Waals surface area contributed by atoms with Crippen molar-refractivity contribution in [3.05, 3.63) is 120 Å². The van der Waals surface area contributed by atoms with Crippen molar-refractivity contribution in [1.29, 1.82) is 0 Å². The summed E-state index contributed by atoms with van der Waals surface area (Å²) < 4.78 is 5.66. The summed E-state index contributed by atoms with van der Waals surface area (Å²) in [5.41, 5.74) is 3.40. The first-order valence-electron chi connectivity index (χ1n) is 10.6. The Morgan fingerprint density at radius 1 is 0.848 bits per heavy atom. The van der Waals surface area contributed by atoms with Gasteiger partial charge < -0.3 is 9.72 Å². The van der Waals surface area contributed by atoms with Crippen LogP contribution in [-0.2, 0) is 9.53 Å². The number of Topliss-reactive ketones (excluding diaryl/α,β-unsaturated/α-hetero) is 1. The molecule has 5 rings (SSSR count). The predicted molar refractivity (Wildman–Crippen MR) is 129 cm³/mol. The van der Waals surface area contributed by atoms with E-state index in [1.807, 2.05) is 78.9 Å². The number of nitrogens with one attached hydrogen (secondary N) is 1. The fourth-order valence-corrected chi connectivity index (χ4v) is 3.80. The van der Waals surface area contributed by atoms with Gasteiger partial charge in [-0.2, -0.15) is 0 Å². The number of carbonyl (C=O) groups excluding carboxylic acids is 2. The highest BCUT2D eigenvalue weighted by molar-refractivity contribution is 6.10. The highest BCUT2D eigenvalue weighted by atomic mass is 16.5. The van der Waals surface area contributed by atoms with E-state index < -0.39 is 12.1 Å². The van der Waals surface area contributed by atoms with E-state index in [4.69, 9.17) is 4.74 Å². The van der Waals surface area contributed by atoms with Gasteiger partial charge in [0.05, 0.1) is 11.2 Å². The van der Waals surface area contributed by atoms with Crippen LogP contribution in [0, 0.1) is 0 Å². The Kier molecular flexibility index (Phi) is 5.52. The zero-order valence-electron chi connectivity index (χ0n) is 17.6. The molecule has 0 amide bonds. The zero-order valence-corrected chi connectivity index (χ0v) is 17.6. The molecule has 1 unspecified atom stereocenters. The van der Waals surface area contributed by atoms with Crippen molar-refractivity contribution in [3.8, 4) is 0 Å². The lowest BCUT2D eigenvalue weighted by Crippen LogP contribution is -2.19. The smallest absolute Gasteiger partial charge is 0.331 e. The van der Waals surface area contributed by atoms with E-state index in [2.05, 4.69) is 9.97 Å². The molecular formula is C28H20N2O3. The van der Waals surface area contributed by atoms with Crippen LogP contribution in [0.15, 0.2) is 103 Å². The van der Waals surface area contributed by atoms with Crippen LogP contribution in [0.1, 0.15) is 27.7 Å². The Balaban J connectivity index is 1.41. The molecule has 5 heteroatoms. The molecule has 33 heavy (non-hydrogen) atoms. The minimum Gasteiger partial charge on any atom is -0.446 e. The summed E-state index contributed by atoms with van der Waals surface area (Å²) in [4.78, 5) is 33.8. The van der Waals surface area contributed by atoms with Crippen molar-refractivity contribution in [2.24, 2.45) is 0 Å². The molecule has 2 heterocycles. The first-order valence-corrected chi connectivity index (χ1v) is 10.6. The molecule has 0 bridgehead atoms. The number of benzene rings is 3. The van der Waals surface area contributed by atoms with Gasteiger partial charge in [-0.05, 0) is 24.3 Å². The van der Waals surface area contributed by atoms with Crippen LogP contribution in [0.25, 0.3) is 27.9 Å². The van der Waals surface area contributed by atoms with Gasteiger partial charge in [0.2, 0.25) is 5.78 Å². The predicted octanol–water partition coefficient (Wildman–Crippen LogP) is 5.90. The minimum atomic E-state index is -1.06. The molecule has 0 aliphatic carbocycles. The highest BCUT2D eigenvalue weighted by Crippen LogP contribution is 2.27. The van der Waals surface area contributed by atoms with Crippen LogP contribution in [0.2, 0.25) is 0 Å². The Morgan fingerprint density at radius 3 is 2.48 bits per heavy atom. The van der Waals surface area contributed by atoms with E-state index in [9.17, 15) is 9.59 Å². The second-order valence-electron chi connectivity index (χ2n) is 7.60. The molecule has 0 spiro atoms. The molecule has 0 saturated heterocycles. The van der Waals surface area contributed by atoms with Crippen LogP contribution in [0.4, 0.5) is 0 Å². The number of pyridine rings is 1. The molecule has 0 aliphatic heterocycles. The van der Waals surface area contributed by atoms with Crippen LogP contribution >= 0.6 is 0 Å². The molecule has 2 aromatic heterocycles. The summed E-state index contributed by atoms with van der Waals surface area (Å²) in [7, 11) is 0. The van der Waals surface area contributed by atoms with Gasteiger partial charge in [-0.1, -0.05) is 72.8 Å². The number of fused-ring (bicyclic) bond motifs is 2. The van der Waals surface area contributed by atoms with E-state index in [-0.39, 0.29) is 5.78 Å². The highest BCUT2D eigenvalue weighted by Gasteiger charge is 2.27. The van der Waals surface area contributed by atoms with Gasteiger partial charge in [-0.3, -0.25) is 4.79 Å². The molecule has 1 N–H and O–H groups in total. The summed E-state index contributed by atoms with van der Waals surface area (Å²) in [6.45, 7) is 0. The van der Waals surface area contributed by atoms with E-state index in [0.29, 0.717) is 16.8 Å². The standard InChI is InChI=1S/C28H20N2O3/c31-26(17-16-21-15-14-19-8-4-6-12-24(19)30-21)33-28(20-9-2-1-3-10-20)27(32)23-18-29-25-13-7-5-11-22(23)25/h1-18,28-29H/b17-16+. The summed E-state index contributed by atoms with van der Waals surface area (Å²) in [5.74, 6) is -0.906. The Labute approximate surface area is 190 Å². The quantitative estimate of drug-likeness (QED) is 0.206. The van der Waals surface area contributed by atoms with Crippen molar-refractivity contribution < 1.29 is 14.3 Å². The maximum absolute atomic E-state index is 13.4. The molecule has 3 aromatic carbocycles. The maximum atomic E-state index is 13.4. The molecule has 5 nitrogen and oxygen atoms in total. The lowest BCUT2D eigenvalue weighted by atomic mass is 9.99. The fraction of sp³-hybridized carbons (Fsp3) is 0.0357. The molecule has 1 atom stereocenters. The first-order chi connectivity index (χ1) is 16.2. The number of ether oxygens (including phenoxy) is 1. The molecule has 0 aliphatic rings. The minimum absolute atomic E-state index is 0.288. The summed E-state index contributed by atoms with van der Waals surface area (Å²) in [5, 5.41) is 1.81. The van der Waals surface area contributed by atoms with Crippen LogP contribution in [0.3, 0.4) is 0 Å². The van der Waals surface area contributed by atoms with E-state index >= 15 is 0 Å². The number of hydrogen-bond donors (Lipinski definition) is 1. The number of H-pyrrole nitrogens is 1. The number of nitrogens with zero attached hydrogens (tertiary/aromatic N) is 1. The fourth-order valence-electron chi connectivity index (χ4n) is 3.80. The van der Waals surface area contributed by atoms with Crippen molar-refractivity contribution in [2.45, 2.75) is 6.10 Å². The number of hydrogen-bond acceptors (Lipinski definition) is 4. The maximum Gasteiger partial charge on any atom is 0.331 e. The summed E-state index contributed by atoms with van der Waals surface area (Å²) in [6, 6.07) is 28.1.